The highest BCUT2D eigenvalue weighted by Crippen LogP contribution is 2.20. The molecule has 1 aromatic rings. The van der Waals surface area contributed by atoms with Crippen LogP contribution in [0, 0.1) is 0 Å². The highest BCUT2D eigenvalue weighted by Gasteiger charge is 2.30. The van der Waals surface area contributed by atoms with E-state index in [4.69, 9.17) is 20.3 Å². The number of benzene rings is 1. The molecule has 2 rings (SSSR count). The zero-order valence-electron chi connectivity index (χ0n) is 11.6. The largest absolute Gasteiger partial charge is 0.462 e. The minimum Gasteiger partial charge on any atom is -0.462 e. The van der Waals surface area contributed by atoms with Gasteiger partial charge in [-0.1, -0.05) is 6.92 Å². The summed E-state index contributed by atoms with van der Waals surface area (Å²) in [5.41, 5.74) is 6.18. The van der Waals surface area contributed by atoms with Gasteiger partial charge in [-0.3, -0.25) is 0 Å². The van der Waals surface area contributed by atoms with Crippen molar-refractivity contribution < 1.29 is 24.8 Å². The molecule has 0 bridgehead atoms. The fourth-order valence-corrected chi connectivity index (χ4v) is 1.57. The Morgan fingerprint density at radius 3 is 2.40 bits per heavy atom. The van der Waals surface area contributed by atoms with Crippen molar-refractivity contribution in [3.63, 3.8) is 0 Å². The van der Waals surface area contributed by atoms with Crippen LogP contribution in [0.2, 0.25) is 0 Å². The predicted molar refractivity (Wildman–Crippen MR) is 75.2 cm³/mol. The van der Waals surface area contributed by atoms with Crippen molar-refractivity contribution in [1.29, 1.82) is 0 Å². The molecule has 1 aliphatic rings. The Hall–Kier alpha value is -1.34. The number of hydrogen-bond donors (Lipinski definition) is 4. The Labute approximate surface area is 118 Å². The molecular weight excluding hydrogens is 262 g/mol. The van der Waals surface area contributed by atoms with Gasteiger partial charge in [0.25, 0.3) is 0 Å². The second-order valence-corrected chi connectivity index (χ2v) is 4.57. The Bertz CT molecular complexity index is 368. The first-order chi connectivity index (χ1) is 9.56. The minimum absolute atomic E-state index is 0.177. The maximum Gasteiger partial charge on any atom is 0.226 e. The van der Waals surface area contributed by atoms with Crippen LogP contribution in [0.25, 0.3) is 0 Å². The van der Waals surface area contributed by atoms with Crippen LogP contribution in [-0.4, -0.2) is 47.0 Å². The molecule has 5 N–H and O–H groups in total. The Balaban J connectivity index is 0.000000444. The number of ether oxygens (including phenoxy) is 2. The van der Waals surface area contributed by atoms with Gasteiger partial charge in [-0.25, -0.2) is 0 Å². The fraction of sp³-hybridized carbons (Fsp3) is 0.571. The molecule has 0 amide bonds. The quantitative estimate of drug-likeness (QED) is 0.603. The smallest absolute Gasteiger partial charge is 0.226 e. The van der Waals surface area contributed by atoms with Crippen LogP contribution < -0.4 is 10.5 Å². The summed E-state index contributed by atoms with van der Waals surface area (Å²) in [5.74, 6) is 0.578. The molecule has 0 spiro atoms. The number of nitrogen functional groups attached to an aromatic ring is 1. The third-order valence-corrected chi connectivity index (χ3v) is 2.64. The monoisotopic (exact) mass is 285 g/mol. The zero-order valence-corrected chi connectivity index (χ0v) is 11.6. The van der Waals surface area contributed by atoms with Gasteiger partial charge in [0, 0.05) is 18.7 Å². The van der Waals surface area contributed by atoms with E-state index in [0.29, 0.717) is 18.0 Å². The van der Waals surface area contributed by atoms with Gasteiger partial charge in [-0.2, -0.15) is 0 Å². The molecule has 0 unspecified atom stereocenters. The lowest BCUT2D eigenvalue weighted by Crippen LogP contribution is -2.44. The lowest BCUT2D eigenvalue weighted by atomic mass is 10.1. The molecule has 1 heterocycles. The van der Waals surface area contributed by atoms with E-state index in [0.717, 1.165) is 6.42 Å². The van der Waals surface area contributed by atoms with Crippen LogP contribution in [0.1, 0.15) is 19.8 Å². The maximum absolute atomic E-state index is 9.62. The van der Waals surface area contributed by atoms with Gasteiger partial charge in [0.05, 0.1) is 12.7 Å². The molecule has 1 aliphatic heterocycles. The lowest BCUT2D eigenvalue weighted by molar-refractivity contribution is -0.198. The highest BCUT2D eigenvalue weighted by molar-refractivity contribution is 5.41. The summed E-state index contributed by atoms with van der Waals surface area (Å²) >= 11 is 0. The molecule has 114 valence electrons. The van der Waals surface area contributed by atoms with E-state index < -0.39 is 18.5 Å². The second-order valence-electron chi connectivity index (χ2n) is 4.57. The van der Waals surface area contributed by atoms with Crippen molar-refractivity contribution >= 4 is 5.69 Å². The van der Waals surface area contributed by atoms with E-state index in [1.54, 1.807) is 24.3 Å². The molecule has 6 nitrogen and oxygen atoms in total. The van der Waals surface area contributed by atoms with Gasteiger partial charge >= 0.3 is 0 Å². The van der Waals surface area contributed by atoms with E-state index in [1.165, 1.54) is 0 Å². The topological polar surface area (TPSA) is 105 Å². The molecule has 0 saturated carbocycles. The van der Waals surface area contributed by atoms with Gasteiger partial charge in [-0.15, -0.1) is 0 Å². The number of nitrogens with two attached hydrogens (primary N) is 1. The van der Waals surface area contributed by atoms with Gasteiger partial charge in [0.2, 0.25) is 6.29 Å². The van der Waals surface area contributed by atoms with E-state index in [-0.39, 0.29) is 13.0 Å². The van der Waals surface area contributed by atoms with Crippen LogP contribution in [0.3, 0.4) is 0 Å². The van der Waals surface area contributed by atoms with Crippen LogP contribution in [0.15, 0.2) is 24.3 Å². The first-order valence-electron chi connectivity index (χ1n) is 6.67. The summed E-state index contributed by atoms with van der Waals surface area (Å²) < 4.78 is 10.6. The highest BCUT2D eigenvalue weighted by atomic mass is 16.7. The maximum atomic E-state index is 9.62. The van der Waals surface area contributed by atoms with Crippen LogP contribution in [0.4, 0.5) is 5.69 Å². The van der Waals surface area contributed by atoms with Crippen LogP contribution in [-0.2, 0) is 4.74 Å². The van der Waals surface area contributed by atoms with Gasteiger partial charge in [0.15, 0.2) is 0 Å². The van der Waals surface area contributed by atoms with Gasteiger partial charge < -0.3 is 30.5 Å². The van der Waals surface area contributed by atoms with Crippen LogP contribution in [0.5, 0.6) is 5.75 Å². The standard InChI is InChI=1S/C11H15NO4.C3H8O/c12-7-1-3-9(4-2-7)16-11-10(14)5-8(13)6-15-11;1-2-3-4/h1-4,8,10-11,13-14H,5-6,12H2;4H,2-3H2,1H3/t8-,10-,11+;/m0./s1. The molecule has 0 aliphatic carbocycles. The molecule has 0 radical (unpaired) electrons. The minimum atomic E-state index is -0.818. The molecule has 1 saturated heterocycles. The van der Waals surface area contributed by atoms with Crippen LogP contribution >= 0.6 is 0 Å². The predicted octanol–water partition coefficient (Wildman–Crippen LogP) is 0.504. The molecule has 1 aromatic carbocycles. The fourth-order valence-electron chi connectivity index (χ4n) is 1.57. The Morgan fingerprint density at radius 1 is 1.30 bits per heavy atom. The summed E-state index contributed by atoms with van der Waals surface area (Å²) in [7, 11) is 0. The normalized spacial score (nSPS) is 25.5. The first kappa shape index (κ1) is 16.7. The summed E-state index contributed by atoms with van der Waals surface area (Å²) in [6.45, 7) is 2.43. The third kappa shape index (κ3) is 5.75. The van der Waals surface area contributed by atoms with E-state index in [9.17, 15) is 10.2 Å². The summed E-state index contributed by atoms with van der Waals surface area (Å²) in [6, 6.07) is 6.83. The SMILES string of the molecule is CCCO.Nc1ccc(O[C@H]2OC[C@@H](O)C[C@@H]2O)cc1. The van der Waals surface area contributed by atoms with E-state index >= 15 is 0 Å². The molecule has 3 atom stereocenters. The third-order valence-electron chi connectivity index (χ3n) is 2.64. The molecule has 6 heteroatoms. The summed E-state index contributed by atoms with van der Waals surface area (Å²) in [5, 5.41) is 26.7. The molecule has 1 fully saturated rings. The van der Waals surface area contributed by atoms with Crippen molar-refractivity contribution in [2.24, 2.45) is 0 Å². The van der Waals surface area contributed by atoms with E-state index in [1.807, 2.05) is 6.92 Å². The average Bonchev–Trinajstić information content (AvgIpc) is 2.44. The summed E-state index contributed by atoms with van der Waals surface area (Å²) in [4.78, 5) is 0. The van der Waals surface area contributed by atoms with Crippen molar-refractivity contribution in [3.8, 4) is 5.75 Å². The Kier molecular flexibility index (Phi) is 7.32. The van der Waals surface area contributed by atoms with Crippen molar-refractivity contribution in [2.45, 2.75) is 38.3 Å². The number of anilines is 1. The Morgan fingerprint density at radius 2 is 1.90 bits per heavy atom. The van der Waals surface area contributed by atoms with Gasteiger partial charge in [-0.05, 0) is 30.7 Å². The van der Waals surface area contributed by atoms with Crippen molar-refractivity contribution in [2.75, 3.05) is 18.9 Å². The van der Waals surface area contributed by atoms with Gasteiger partial charge in [0.1, 0.15) is 11.9 Å². The molecule has 20 heavy (non-hydrogen) atoms. The lowest BCUT2D eigenvalue weighted by Gasteiger charge is -2.30. The average molecular weight is 285 g/mol. The molecular formula is C14H23NO5. The van der Waals surface area contributed by atoms with Crippen molar-refractivity contribution in [3.05, 3.63) is 24.3 Å². The summed E-state index contributed by atoms with van der Waals surface area (Å²) in [6.07, 6.45) is -1.03. The number of rotatable bonds is 3. The van der Waals surface area contributed by atoms with E-state index in [2.05, 4.69) is 0 Å². The first-order valence-corrected chi connectivity index (χ1v) is 6.67. The second kappa shape index (κ2) is 8.76. The number of hydrogen-bond acceptors (Lipinski definition) is 6. The van der Waals surface area contributed by atoms with Crippen molar-refractivity contribution in [1.82, 2.24) is 0 Å². The number of aliphatic hydroxyl groups excluding tert-OH is 3. The zero-order chi connectivity index (χ0) is 15.0. The molecule has 0 aromatic heterocycles. The number of aliphatic hydroxyl groups is 3.